The molecule has 0 spiro atoms. The number of methoxy groups -OCH3 is 2. The van der Waals surface area contributed by atoms with E-state index in [0.29, 0.717) is 12.0 Å². The number of rotatable bonds is 10. The highest BCUT2D eigenvalue weighted by Gasteiger charge is 2.42. The van der Waals surface area contributed by atoms with Crippen molar-refractivity contribution < 1.29 is 19.0 Å². The van der Waals surface area contributed by atoms with E-state index in [1.54, 1.807) is 14.2 Å². The highest BCUT2D eigenvalue weighted by molar-refractivity contribution is 5.93. The van der Waals surface area contributed by atoms with Gasteiger partial charge in [-0.15, -0.1) is 0 Å². The summed E-state index contributed by atoms with van der Waals surface area (Å²) in [4.78, 5) is 16.9. The number of nitrogens with one attached hydrogen (secondary N) is 1. The van der Waals surface area contributed by atoms with Gasteiger partial charge in [0.2, 0.25) is 0 Å². The number of carbonyl (C=O) groups excluding carboxylic acids is 1. The van der Waals surface area contributed by atoms with Crippen LogP contribution in [-0.4, -0.2) is 20.2 Å². The molecule has 1 heterocycles. The molecule has 0 saturated heterocycles. The average molecular weight is 625 g/mol. The van der Waals surface area contributed by atoms with Crippen molar-refractivity contribution in [2.24, 2.45) is 0 Å². The lowest BCUT2D eigenvalue weighted by atomic mass is 9.84. The zero-order valence-electron chi connectivity index (χ0n) is 27.3. The van der Waals surface area contributed by atoms with Gasteiger partial charge in [-0.2, -0.15) is 0 Å². The van der Waals surface area contributed by atoms with Gasteiger partial charge >= 0.3 is 5.97 Å². The molecular formula is C41H40N2O4. The summed E-state index contributed by atoms with van der Waals surface area (Å²) in [7, 11) is 3.33. The van der Waals surface area contributed by atoms with E-state index >= 15 is 0 Å². The van der Waals surface area contributed by atoms with Crippen molar-refractivity contribution in [3.05, 3.63) is 166 Å². The summed E-state index contributed by atoms with van der Waals surface area (Å²) in [5, 5.41) is 3.67. The molecule has 5 aromatic rings. The quantitative estimate of drug-likeness (QED) is 0.156. The zero-order chi connectivity index (χ0) is 32.8. The Labute approximate surface area is 277 Å². The number of esters is 1. The monoisotopic (exact) mass is 624 g/mol. The van der Waals surface area contributed by atoms with Crippen LogP contribution in [0, 0.1) is 13.8 Å². The van der Waals surface area contributed by atoms with Crippen molar-refractivity contribution in [1.82, 2.24) is 0 Å². The Morgan fingerprint density at radius 3 is 1.83 bits per heavy atom. The third-order valence-corrected chi connectivity index (χ3v) is 8.65. The summed E-state index contributed by atoms with van der Waals surface area (Å²) in [5.41, 5.74) is 8.58. The third kappa shape index (κ3) is 7.17. The minimum atomic E-state index is -0.485. The average Bonchev–Trinajstić information content (AvgIpc) is 3.12. The summed E-state index contributed by atoms with van der Waals surface area (Å²) in [6.45, 7) is 4.31. The number of hydrogen-bond acceptors (Lipinski definition) is 6. The largest absolute Gasteiger partial charge is 0.497 e. The van der Waals surface area contributed by atoms with Crippen LogP contribution < -0.4 is 19.7 Å². The van der Waals surface area contributed by atoms with E-state index in [1.165, 1.54) is 0 Å². The predicted octanol–water partition coefficient (Wildman–Crippen LogP) is 9.12. The van der Waals surface area contributed by atoms with Gasteiger partial charge in [0.1, 0.15) is 18.1 Å². The first-order valence-corrected chi connectivity index (χ1v) is 15.8. The molecular weight excluding hydrogens is 584 g/mol. The van der Waals surface area contributed by atoms with Crippen molar-refractivity contribution in [3.8, 4) is 11.5 Å². The SMILES string of the molecule is COc1ccc(C2CC(Nc3ccc(C)cc3)=C(C(=O)OCc3ccccc3)C(c3ccc(OC)cc3)N2c2ccc(C)cc2)cc1. The van der Waals surface area contributed by atoms with Crippen molar-refractivity contribution in [2.45, 2.75) is 39.0 Å². The minimum Gasteiger partial charge on any atom is -0.497 e. The molecule has 0 aromatic heterocycles. The number of aryl methyl sites for hydroxylation is 2. The van der Waals surface area contributed by atoms with E-state index in [-0.39, 0.29) is 18.6 Å². The smallest absolute Gasteiger partial charge is 0.338 e. The molecule has 2 atom stereocenters. The Kier molecular flexibility index (Phi) is 9.58. The van der Waals surface area contributed by atoms with Gasteiger partial charge in [-0.05, 0) is 79.1 Å². The summed E-state index contributed by atoms with van der Waals surface area (Å²) in [6.07, 6.45) is 0.538. The lowest BCUT2D eigenvalue weighted by molar-refractivity contribution is -0.140. The number of carbonyl (C=O) groups is 1. The Hall–Kier alpha value is -5.49. The first-order valence-electron chi connectivity index (χ1n) is 15.8. The normalized spacial score (nSPS) is 16.0. The molecule has 2 unspecified atom stereocenters. The van der Waals surface area contributed by atoms with Crippen LogP contribution in [0.15, 0.2) is 139 Å². The standard InChI is InChI=1S/C41H40N2O4/c1-28-10-18-33(19-11-28)42-37-26-38(31-14-22-35(45-3)23-15-31)43(34-20-12-29(2)13-21-34)40(32-16-24-36(46-4)25-17-32)39(37)41(44)47-27-30-8-6-5-7-9-30/h5-25,38,40,42H,26-27H2,1-4H3. The number of nitrogens with zero attached hydrogens (tertiary/aromatic N) is 1. The van der Waals surface area contributed by atoms with Crippen LogP contribution in [-0.2, 0) is 16.1 Å². The van der Waals surface area contributed by atoms with Gasteiger partial charge in [-0.1, -0.05) is 90.0 Å². The van der Waals surface area contributed by atoms with Gasteiger partial charge in [0.15, 0.2) is 0 Å². The lowest BCUT2D eigenvalue weighted by Crippen LogP contribution is -2.41. The number of anilines is 2. The third-order valence-electron chi connectivity index (χ3n) is 8.65. The fourth-order valence-corrected chi connectivity index (χ4v) is 6.11. The molecule has 6 rings (SSSR count). The van der Waals surface area contributed by atoms with E-state index in [9.17, 15) is 4.79 Å². The van der Waals surface area contributed by atoms with Crippen molar-refractivity contribution in [1.29, 1.82) is 0 Å². The van der Waals surface area contributed by atoms with E-state index < -0.39 is 6.04 Å². The molecule has 5 aromatic carbocycles. The van der Waals surface area contributed by atoms with Gasteiger partial charge in [0.05, 0.1) is 31.9 Å². The highest BCUT2D eigenvalue weighted by atomic mass is 16.5. The van der Waals surface area contributed by atoms with Gasteiger partial charge in [0.25, 0.3) is 0 Å². The highest BCUT2D eigenvalue weighted by Crippen LogP contribution is 2.48. The van der Waals surface area contributed by atoms with Crippen LogP contribution in [0.1, 0.15) is 46.3 Å². The number of ether oxygens (including phenoxy) is 3. The van der Waals surface area contributed by atoms with Crippen LogP contribution in [0.3, 0.4) is 0 Å². The molecule has 1 aliphatic heterocycles. The van der Waals surface area contributed by atoms with Gasteiger partial charge in [-0.25, -0.2) is 4.79 Å². The van der Waals surface area contributed by atoms with Crippen LogP contribution >= 0.6 is 0 Å². The van der Waals surface area contributed by atoms with Crippen LogP contribution in [0.4, 0.5) is 11.4 Å². The number of benzene rings is 5. The molecule has 0 aliphatic carbocycles. The van der Waals surface area contributed by atoms with Crippen LogP contribution in [0.25, 0.3) is 0 Å². The molecule has 1 aliphatic rings. The maximum absolute atomic E-state index is 14.5. The fourth-order valence-electron chi connectivity index (χ4n) is 6.11. The summed E-state index contributed by atoms with van der Waals surface area (Å²) in [6, 6.07) is 42.1. The van der Waals surface area contributed by atoms with Crippen LogP contribution in [0.2, 0.25) is 0 Å². The first-order chi connectivity index (χ1) is 22.9. The molecule has 6 heteroatoms. The predicted molar refractivity (Wildman–Crippen MR) is 188 cm³/mol. The van der Waals surface area contributed by atoms with E-state index in [4.69, 9.17) is 14.2 Å². The molecule has 238 valence electrons. The second-order valence-electron chi connectivity index (χ2n) is 11.9. The Morgan fingerprint density at radius 2 is 1.26 bits per heavy atom. The zero-order valence-corrected chi connectivity index (χ0v) is 27.3. The fraction of sp³-hybridized carbons (Fsp3) is 0.195. The molecule has 47 heavy (non-hydrogen) atoms. The van der Waals surface area contributed by atoms with Crippen molar-refractivity contribution in [2.75, 3.05) is 24.4 Å². The van der Waals surface area contributed by atoms with Gasteiger partial charge < -0.3 is 24.4 Å². The molecule has 0 saturated carbocycles. The summed E-state index contributed by atoms with van der Waals surface area (Å²) < 4.78 is 17.2. The summed E-state index contributed by atoms with van der Waals surface area (Å²) >= 11 is 0. The Balaban J connectivity index is 1.56. The Morgan fingerprint density at radius 1 is 0.702 bits per heavy atom. The van der Waals surface area contributed by atoms with E-state index in [2.05, 4.69) is 72.6 Å². The Bertz CT molecular complexity index is 1810. The summed E-state index contributed by atoms with van der Waals surface area (Å²) in [5.74, 6) is 1.17. The maximum atomic E-state index is 14.5. The van der Waals surface area contributed by atoms with Crippen molar-refractivity contribution >= 4 is 17.3 Å². The maximum Gasteiger partial charge on any atom is 0.338 e. The van der Waals surface area contributed by atoms with E-state index in [1.807, 2.05) is 78.9 Å². The molecule has 6 nitrogen and oxygen atoms in total. The lowest BCUT2D eigenvalue weighted by Gasteiger charge is -2.46. The molecule has 0 fully saturated rings. The van der Waals surface area contributed by atoms with Crippen LogP contribution in [0.5, 0.6) is 11.5 Å². The topological polar surface area (TPSA) is 60.0 Å². The minimum absolute atomic E-state index is 0.130. The molecule has 0 amide bonds. The van der Waals surface area contributed by atoms with Gasteiger partial charge in [0, 0.05) is 23.5 Å². The second-order valence-corrected chi connectivity index (χ2v) is 11.9. The molecule has 1 N–H and O–H groups in total. The number of hydrogen-bond donors (Lipinski definition) is 1. The molecule has 0 bridgehead atoms. The first kappa shape index (κ1) is 31.5. The molecule has 0 radical (unpaired) electrons. The van der Waals surface area contributed by atoms with Crippen molar-refractivity contribution in [3.63, 3.8) is 0 Å². The van der Waals surface area contributed by atoms with Gasteiger partial charge in [-0.3, -0.25) is 0 Å². The van der Waals surface area contributed by atoms with E-state index in [0.717, 1.165) is 56.4 Å². The second kappa shape index (κ2) is 14.3.